The Balaban J connectivity index is 0.887. The highest BCUT2D eigenvalue weighted by Crippen LogP contribution is 2.49. The average Bonchev–Trinajstić information content (AvgIpc) is 3.76. The number of nitrogens with zero attached hydrogens (tertiary/aromatic N) is 1. The molecule has 0 bridgehead atoms. The number of benzene rings is 2. The molecule has 3 aliphatic heterocycles. The first-order valence-electron chi connectivity index (χ1n) is 21.5. The lowest BCUT2D eigenvalue weighted by molar-refractivity contribution is -0.126. The topological polar surface area (TPSA) is 237 Å². The van der Waals surface area contributed by atoms with Crippen LogP contribution in [0.25, 0.3) is 0 Å². The van der Waals surface area contributed by atoms with Gasteiger partial charge in [0, 0.05) is 35.2 Å². The number of oxime groups is 1. The van der Waals surface area contributed by atoms with Crippen molar-refractivity contribution in [3.05, 3.63) is 58.7 Å². The molecule has 20 heteroatoms. The predicted octanol–water partition coefficient (Wildman–Crippen LogP) is 1.35. The summed E-state index contributed by atoms with van der Waals surface area (Å²) in [6.45, 7) is 12.6. The van der Waals surface area contributed by atoms with Gasteiger partial charge in [-0.15, -0.1) is 0 Å². The third kappa shape index (κ3) is 15.8. The minimum Gasteiger partial charge on any atom is -0.496 e. The predicted molar refractivity (Wildman–Crippen MR) is 230 cm³/mol. The van der Waals surface area contributed by atoms with Crippen molar-refractivity contribution in [1.82, 2.24) is 10.7 Å². The first kappa shape index (κ1) is 50.4. The number of carbonyl (C=O) groups excluding carboxylic acids is 2. The molecule has 0 saturated heterocycles. The van der Waals surface area contributed by atoms with E-state index in [1.807, 2.05) is 30.5 Å². The van der Waals surface area contributed by atoms with Crippen LogP contribution in [0.1, 0.15) is 41.5 Å². The number of nitrogens with one attached hydrogen (secondary N) is 2. The summed E-state index contributed by atoms with van der Waals surface area (Å²) in [6, 6.07) is 7.39. The van der Waals surface area contributed by atoms with Gasteiger partial charge >= 0.3 is 0 Å². The SMILES string of the molecule is C=C(C)[C@H]1Cc2c(ccc3c2O[C@@H]2COc4cc(CO)c(OC)cc4[C@@H]2C3=NOCC(=O)NCCOCCOCCOCCOCCOCCOCCOCCOCCC(=O)NN)O1. The van der Waals surface area contributed by atoms with E-state index in [2.05, 4.69) is 17.1 Å². The Labute approximate surface area is 373 Å². The lowest BCUT2D eigenvalue weighted by Crippen LogP contribution is -2.43. The molecule has 0 radical (unpaired) electrons. The summed E-state index contributed by atoms with van der Waals surface area (Å²) in [7, 11) is 1.54. The van der Waals surface area contributed by atoms with Gasteiger partial charge in [0.05, 0.1) is 132 Å². The molecule has 0 spiro atoms. The van der Waals surface area contributed by atoms with Crippen LogP contribution in [0.3, 0.4) is 0 Å². The van der Waals surface area contributed by atoms with Crippen LogP contribution < -0.4 is 35.5 Å². The molecule has 64 heavy (non-hydrogen) atoms. The van der Waals surface area contributed by atoms with Gasteiger partial charge in [-0.3, -0.25) is 15.0 Å². The Morgan fingerprint density at radius 2 is 1.38 bits per heavy atom. The summed E-state index contributed by atoms with van der Waals surface area (Å²) in [5, 5.41) is 17.3. The van der Waals surface area contributed by atoms with Gasteiger partial charge in [0.15, 0.2) is 6.61 Å². The largest absolute Gasteiger partial charge is 0.496 e. The van der Waals surface area contributed by atoms with E-state index in [1.54, 1.807) is 13.2 Å². The first-order valence-corrected chi connectivity index (χ1v) is 21.5. The van der Waals surface area contributed by atoms with E-state index in [0.29, 0.717) is 141 Å². The smallest absolute Gasteiger partial charge is 0.260 e. The Kier molecular flexibility index (Phi) is 22.3. The summed E-state index contributed by atoms with van der Waals surface area (Å²) in [6.07, 6.45) is 0.196. The minimum absolute atomic E-state index is 0.165. The van der Waals surface area contributed by atoms with Crippen molar-refractivity contribution < 1.29 is 76.4 Å². The van der Waals surface area contributed by atoms with E-state index in [1.165, 1.54) is 0 Å². The third-order valence-electron chi connectivity index (χ3n) is 10.1. The molecule has 356 valence electrons. The summed E-state index contributed by atoms with van der Waals surface area (Å²) < 4.78 is 68.2. The van der Waals surface area contributed by atoms with Crippen molar-refractivity contribution in [3.8, 4) is 23.0 Å². The van der Waals surface area contributed by atoms with Crippen LogP contribution in [-0.4, -0.2) is 167 Å². The van der Waals surface area contributed by atoms with E-state index in [9.17, 15) is 14.7 Å². The fourth-order valence-electron chi connectivity index (χ4n) is 6.88. The second kappa shape index (κ2) is 28.3. The van der Waals surface area contributed by atoms with Crippen molar-refractivity contribution >= 4 is 17.5 Å². The number of fused-ring (bicyclic) bond motifs is 6. The zero-order valence-electron chi connectivity index (χ0n) is 36.9. The number of aliphatic hydroxyl groups excluding tert-OH is 1. The molecule has 2 amide bonds. The monoisotopic (exact) mass is 904 g/mol. The number of methoxy groups -OCH3 is 1. The summed E-state index contributed by atoms with van der Waals surface area (Å²) in [5.41, 5.74) is 6.54. The quantitative estimate of drug-likeness (QED) is 0.0260. The van der Waals surface area contributed by atoms with Crippen molar-refractivity contribution in [1.29, 1.82) is 0 Å². The van der Waals surface area contributed by atoms with E-state index in [-0.39, 0.29) is 50.7 Å². The van der Waals surface area contributed by atoms with E-state index >= 15 is 0 Å². The Morgan fingerprint density at radius 3 is 1.92 bits per heavy atom. The van der Waals surface area contributed by atoms with Crippen molar-refractivity contribution in [2.75, 3.05) is 133 Å². The van der Waals surface area contributed by atoms with Crippen LogP contribution in [0.4, 0.5) is 0 Å². The zero-order chi connectivity index (χ0) is 45.4. The Bertz CT molecular complexity index is 1800. The molecule has 3 atom stereocenters. The number of nitrogens with two attached hydrogens (primary N) is 1. The van der Waals surface area contributed by atoms with Crippen molar-refractivity contribution in [2.24, 2.45) is 11.0 Å². The van der Waals surface area contributed by atoms with Crippen LogP contribution in [0, 0.1) is 0 Å². The molecule has 20 nitrogen and oxygen atoms in total. The van der Waals surface area contributed by atoms with Crippen LogP contribution >= 0.6 is 0 Å². The number of rotatable bonds is 33. The van der Waals surface area contributed by atoms with Crippen LogP contribution in [0.15, 0.2) is 41.6 Å². The molecule has 0 aromatic heterocycles. The van der Waals surface area contributed by atoms with Gasteiger partial charge in [-0.1, -0.05) is 11.7 Å². The fraction of sp³-hybridized carbons (Fsp3) is 0.614. The lowest BCUT2D eigenvalue weighted by Gasteiger charge is -2.39. The molecule has 0 unspecified atom stereocenters. The van der Waals surface area contributed by atoms with Crippen molar-refractivity contribution in [3.63, 3.8) is 0 Å². The molecular weight excluding hydrogens is 840 g/mol. The number of hydrogen-bond donors (Lipinski definition) is 4. The molecule has 0 fully saturated rings. The highest BCUT2D eigenvalue weighted by molar-refractivity contribution is 6.09. The lowest BCUT2D eigenvalue weighted by atomic mass is 9.80. The van der Waals surface area contributed by atoms with Crippen molar-refractivity contribution in [2.45, 2.75) is 44.5 Å². The minimum atomic E-state index is -0.455. The Hall–Kier alpha value is -4.61. The summed E-state index contributed by atoms with van der Waals surface area (Å²) in [4.78, 5) is 29.4. The number of hydrazine groups is 1. The van der Waals surface area contributed by atoms with Gasteiger partial charge in [-0.2, -0.15) is 0 Å². The van der Waals surface area contributed by atoms with E-state index < -0.39 is 12.0 Å². The van der Waals surface area contributed by atoms with Gasteiger partial charge in [0.2, 0.25) is 5.91 Å². The molecule has 0 saturated carbocycles. The molecule has 3 aliphatic rings. The molecule has 5 rings (SSSR count). The van der Waals surface area contributed by atoms with Gasteiger partial charge in [-0.25, -0.2) is 5.84 Å². The summed E-state index contributed by atoms with van der Waals surface area (Å²) >= 11 is 0. The standard InChI is InChI=1S/C44H64N4O16/c1-30(2)36-26-34-35(63-36)5-4-32-43(42-33-25-37(52-3)31(27-49)24-38(33)61-28-39(42)64-44(32)34)48-62-29-41(51)46-7-9-54-11-13-56-15-17-58-19-21-60-23-22-59-20-18-57-16-14-55-12-10-53-8-6-40(50)47-45/h4-5,24-25,36,39,42,49H,1,6-23,26-29,45H2,2-3H3,(H,46,51)(H,47,50)/t36-,39-,42+/m1/s1. The maximum absolute atomic E-state index is 12.7. The first-order chi connectivity index (χ1) is 31.3. The third-order valence-corrected chi connectivity index (χ3v) is 10.1. The molecule has 3 heterocycles. The highest BCUT2D eigenvalue weighted by Gasteiger charge is 2.45. The average molecular weight is 905 g/mol. The Morgan fingerprint density at radius 1 is 0.797 bits per heavy atom. The summed E-state index contributed by atoms with van der Waals surface area (Å²) in [5.74, 6) is 6.42. The van der Waals surface area contributed by atoms with Crippen LogP contribution in [0.2, 0.25) is 0 Å². The number of amides is 2. The maximum Gasteiger partial charge on any atom is 0.260 e. The molecule has 2 aromatic rings. The molecule has 0 aliphatic carbocycles. The van der Waals surface area contributed by atoms with Gasteiger partial charge < -0.3 is 72.1 Å². The molecule has 5 N–H and O–H groups in total. The van der Waals surface area contributed by atoms with E-state index in [4.69, 9.17) is 67.5 Å². The second-order valence-corrected chi connectivity index (χ2v) is 14.7. The van der Waals surface area contributed by atoms with E-state index in [0.717, 1.165) is 28.0 Å². The normalized spacial score (nSPS) is 17.6. The molecular formula is C44H64N4O16. The second-order valence-electron chi connectivity index (χ2n) is 14.7. The highest BCUT2D eigenvalue weighted by atomic mass is 16.6. The fourth-order valence-corrected chi connectivity index (χ4v) is 6.88. The van der Waals surface area contributed by atoms with Gasteiger partial charge in [-0.05, 0) is 36.8 Å². The van der Waals surface area contributed by atoms with Gasteiger partial charge in [0.1, 0.15) is 47.5 Å². The number of hydrogen-bond acceptors (Lipinski definition) is 18. The van der Waals surface area contributed by atoms with Gasteiger partial charge in [0.25, 0.3) is 5.91 Å². The molecule has 2 aromatic carbocycles. The maximum atomic E-state index is 12.7. The van der Waals surface area contributed by atoms with Crippen LogP contribution in [0.5, 0.6) is 23.0 Å². The van der Waals surface area contributed by atoms with Crippen LogP contribution in [-0.2, 0) is 65.3 Å². The number of aliphatic hydroxyl groups is 1. The number of carbonyl (C=O) groups is 2. The zero-order valence-corrected chi connectivity index (χ0v) is 36.9. The number of ether oxygens (including phenoxy) is 12.